The van der Waals surface area contributed by atoms with Crippen LogP contribution in [0.4, 0.5) is 18.9 Å². The molecule has 0 saturated carbocycles. The van der Waals surface area contributed by atoms with Gasteiger partial charge in [0.2, 0.25) is 5.91 Å². The van der Waals surface area contributed by atoms with Crippen molar-refractivity contribution in [3.63, 3.8) is 0 Å². The quantitative estimate of drug-likeness (QED) is 0.607. The summed E-state index contributed by atoms with van der Waals surface area (Å²) in [5, 5.41) is 1.90. The third-order valence-corrected chi connectivity index (χ3v) is 1.62. The lowest BCUT2D eigenvalue weighted by Gasteiger charge is -2.06. The molecule has 0 aromatic heterocycles. The minimum absolute atomic E-state index is 0.134. The molecule has 1 amide bonds. The van der Waals surface area contributed by atoms with E-state index in [2.05, 4.69) is 0 Å². The van der Waals surface area contributed by atoms with Crippen LogP contribution < -0.4 is 5.32 Å². The van der Waals surface area contributed by atoms with Crippen LogP contribution in [0, 0.1) is 17.5 Å². The van der Waals surface area contributed by atoms with E-state index in [4.69, 9.17) is 0 Å². The van der Waals surface area contributed by atoms with Crippen LogP contribution in [-0.2, 0) is 4.79 Å². The largest absolute Gasteiger partial charge is 0.324 e. The van der Waals surface area contributed by atoms with E-state index in [9.17, 15) is 22.8 Å². The zero-order valence-corrected chi connectivity index (χ0v) is 7.61. The summed E-state index contributed by atoms with van der Waals surface area (Å²) >= 11 is 0. The van der Waals surface area contributed by atoms with Gasteiger partial charge < -0.3 is 5.32 Å². The molecule has 80 valence electrons. The van der Waals surface area contributed by atoms with Gasteiger partial charge in [0.05, 0.1) is 11.3 Å². The van der Waals surface area contributed by atoms with Crippen molar-refractivity contribution in [1.29, 1.82) is 0 Å². The molecule has 0 atom stereocenters. The fourth-order valence-electron chi connectivity index (χ4n) is 0.998. The monoisotopic (exact) mass is 217 g/mol. The van der Waals surface area contributed by atoms with E-state index in [1.807, 2.05) is 5.32 Å². The van der Waals surface area contributed by atoms with E-state index in [-0.39, 0.29) is 6.29 Å². The van der Waals surface area contributed by atoms with Crippen molar-refractivity contribution in [2.45, 2.75) is 6.92 Å². The van der Waals surface area contributed by atoms with Crippen LogP contribution >= 0.6 is 0 Å². The lowest BCUT2D eigenvalue weighted by Crippen LogP contribution is -2.10. The fraction of sp³-hybridized carbons (Fsp3) is 0.111. The van der Waals surface area contributed by atoms with Crippen molar-refractivity contribution in [2.24, 2.45) is 0 Å². The summed E-state index contributed by atoms with van der Waals surface area (Å²) in [6, 6.07) is 0.545. The molecule has 0 saturated heterocycles. The Morgan fingerprint density at radius 3 is 2.40 bits per heavy atom. The predicted molar refractivity (Wildman–Crippen MR) is 46.0 cm³/mol. The topological polar surface area (TPSA) is 46.2 Å². The normalized spacial score (nSPS) is 9.87. The van der Waals surface area contributed by atoms with Gasteiger partial charge in [-0.15, -0.1) is 0 Å². The van der Waals surface area contributed by atoms with Gasteiger partial charge in [0.15, 0.2) is 17.9 Å². The Balaban J connectivity index is 3.33. The molecule has 6 heteroatoms. The van der Waals surface area contributed by atoms with Gasteiger partial charge in [-0.25, -0.2) is 13.2 Å². The SMILES string of the molecule is CC(=O)Nc1cc(F)c(C=O)c(F)c1F. The summed E-state index contributed by atoms with van der Waals surface area (Å²) in [4.78, 5) is 20.8. The molecule has 0 spiro atoms. The molecule has 3 nitrogen and oxygen atoms in total. The van der Waals surface area contributed by atoms with Crippen LogP contribution in [0.5, 0.6) is 0 Å². The van der Waals surface area contributed by atoms with E-state index in [0.717, 1.165) is 6.92 Å². The Hall–Kier alpha value is -1.85. The maximum absolute atomic E-state index is 13.1. The Kier molecular flexibility index (Phi) is 3.08. The summed E-state index contributed by atoms with van der Waals surface area (Å²) in [6.07, 6.45) is -0.134. The molecule has 1 aromatic rings. The molecule has 0 heterocycles. The zero-order chi connectivity index (χ0) is 11.6. The van der Waals surface area contributed by atoms with E-state index >= 15 is 0 Å². The van der Waals surface area contributed by atoms with E-state index in [1.54, 1.807) is 0 Å². The average Bonchev–Trinajstić information content (AvgIpc) is 2.14. The van der Waals surface area contributed by atoms with Gasteiger partial charge in [-0.05, 0) is 0 Å². The third kappa shape index (κ3) is 2.15. The summed E-state index contributed by atoms with van der Waals surface area (Å²) in [6.45, 7) is 1.06. The summed E-state index contributed by atoms with van der Waals surface area (Å²) in [5.74, 6) is -4.98. The molecule has 0 unspecified atom stereocenters. The molecule has 1 rings (SSSR count). The van der Waals surface area contributed by atoms with E-state index in [0.29, 0.717) is 6.07 Å². The summed E-state index contributed by atoms with van der Waals surface area (Å²) in [5.41, 5.74) is -1.63. The van der Waals surface area contributed by atoms with Gasteiger partial charge in [-0.1, -0.05) is 0 Å². The van der Waals surface area contributed by atoms with E-state index < -0.39 is 34.6 Å². The Morgan fingerprint density at radius 2 is 1.93 bits per heavy atom. The first-order valence-electron chi connectivity index (χ1n) is 3.87. The molecular weight excluding hydrogens is 211 g/mol. The van der Waals surface area contributed by atoms with Crippen LogP contribution in [0.25, 0.3) is 0 Å². The number of nitrogens with one attached hydrogen (secondary N) is 1. The highest BCUT2D eigenvalue weighted by molar-refractivity contribution is 5.89. The number of amides is 1. The second-order valence-corrected chi connectivity index (χ2v) is 2.75. The molecule has 0 aliphatic carbocycles. The van der Waals surface area contributed by atoms with Gasteiger partial charge >= 0.3 is 0 Å². The zero-order valence-electron chi connectivity index (χ0n) is 7.61. The van der Waals surface area contributed by atoms with Crippen LogP contribution in [0.3, 0.4) is 0 Å². The molecule has 0 aliphatic rings. The molecule has 0 fully saturated rings. The average molecular weight is 217 g/mol. The first kappa shape index (κ1) is 11.2. The fourth-order valence-corrected chi connectivity index (χ4v) is 0.998. The molecular formula is C9H6F3NO2. The number of carbonyl (C=O) groups is 2. The van der Waals surface area contributed by atoms with Gasteiger partial charge in [-0.3, -0.25) is 9.59 Å². The van der Waals surface area contributed by atoms with Crippen molar-refractivity contribution in [3.05, 3.63) is 29.1 Å². The Morgan fingerprint density at radius 1 is 1.33 bits per heavy atom. The maximum Gasteiger partial charge on any atom is 0.221 e. The molecule has 0 bridgehead atoms. The molecule has 0 radical (unpaired) electrons. The maximum atomic E-state index is 13.1. The molecule has 1 aromatic carbocycles. The minimum atomic E-state index is -1.62. The van der Waals surface area contributed by atoms with Crippen molar-refractivity contribution in [3.8, 4) is 0 Å². The number of carbonyl (C=O) groups excluding carboxylic acids is 2. The smallest absolute Gasteiger partial charge is 0.221 e. The van der Waals surface area contributed by atoms with Crippen LogP contribution in [0.1, 0.15) is 17.3 Å². The highest BCUT2D eigenvalue weighted by atomic mass is 19.2. The summed E-state index contributed by atoms with van der Waals surface area (Å²) < 4.78 is 39.0. The molecule has 1 N–H and O–H groups in total. The second kappa shape index (κ2) is 4.12. The van der Waals surface area contributed by atoms with Crippen molar-refractivity contribution >= 4 is 17.9 Å². The van der Waals surface area contributed by atoms with Crippen molar-refractivity contribution in [1.82, 2.24) is 0 Å². The van der Waals surface area contributed by atoms with Crippen LogP contribution in [0.2, 0.25) is 0 Å². The molecule has 15 heavy (non-hydrogen) atoms. The number of anilines is 1. The second-order valence-electron chi connectivity index (χ2n) is 2.75. The van der Waals surface area contributed by atoms with Crippen LogP contribution in [-0.4, -0.2) is 12.2 Å². The Bertz CT molecular complexity index is 432. The number of halogens is 3. The lowest BCUT2D eigenvalue weighted by molar-refractivity contribution is -0.114. The number of aldehydes is 1. The highest BCUT2D eigenvalue weighted by Gasteiger charge is 2.18. The van der Waals surface area contributed by atoms with E-state index in [1.165, 1.54) is 0 Å². The Labute approximate surface area is 82.9 Å². The predicted octanol–water partition coefficient (Wildman–Crippen LogP) is 1.87. The van der Waals surface area contributed by atoms with Crippen LogP contribution in [0.15, 0.2) is 6.07 Å². The minimum Gasteiger partial charge on any atom is -0.324 e. The first-order valence-corrected chi connectivity index (χ1v) is 3.87. The summed E-state index contributed by atoms with van der Waals surface area (Å²) in [7, 11) is 0. The number of benzene rings is 1. The first-order chi connectivity index (χ1) is 6.97. The third-order valence-electron chi connectivity index (χ3n) is 1.62. The van der Waals surface area contributed by atoms with Crippen molar-refractivity contribution in [2.75, 3.05) is 5.32 Å². The van der Waals surface area contributed by atoms with Gasteiger partial charge in [0, 0.05) is 13.0 Å². The number of rotatable bonds is 2. The highest BCUT2D eigenvalue weighted by Crippen LogP contribution is 2.22. The van der Waals surface area contributed by atoms with Gasteiger partial charge in [0.25, 0.3) is 0 Å². The number of hydrogen-bond donors (Lipinski definition) is 1. The lowest BCUT2D eigenvalue weighted by atomic mass is 10.2. The number of hydrogen-bond acceptors (Lipinski definition) is 2. The standard InChI is InChI=1S/C9H6F3NO2/c1-4(15)13-7-2-6(10)5(3-14)8(11)9(7)12/h2-3H,1H3,(H,13,15). The van der Waals surface area contributed by atoms with Crippen molar-refractivity contribution < 1.29 is 22.8 Å². The molecule has 0 aliphatic heterocycles. The van der Waals surface area contributed by atoms with Gasteiger partial charge in [0.1, 0.15) is 5.82 Å². The van der Waals surface area contributed by atoms with Gasteiger partial charge in [-0.2, -0.15) is 0 Å².